The van der Waals surface area contributed by atoms with Gasteiger partial charge in [0.2, 0.25) is 0 Å². The number of allylic oxidation sites excluding steroid dienone is 1. The molecule has 1 heterocycles. The third-order valence-corrected chi connectivity index (χ3v) is 3.70. The van der Waals surface area contributed by atoms with E-state index in [1.54, 1.807) is 6.08 Å². The van der Waals surface area contributed by atoms with E-state index in [0.29, 0.717) is 0 Å². The van der Waals surface area contributed by atoms with Crippen LogP contribution in [0.3, 0.4) is 0 Å². The fourth-order valence-electron chi connectivity index (χ4n) is 2.79. The molecular weight excluding hydrogens is 248 g/mol. The van der Waals surface area contributed by atoms with Crippen LogP contribution in [-0.2, 0) is 0 Å². The van der Waals surface area contributed by atoms with Gasteiger partial charge in [0.15, 0.2) is 5.78 Å². The Hall–Kier alpha value is -2.61. The van der Waals surface area contributed by atoms with Gasteiger partial charge in [0.05, 0.1) is 0 Å². The van der Waals surface area contributed by atoms with Gasteiger partial charge in [-0.1, -0.05) is 35.9 Å². The Labute approximate surface area is 116 Å². The van der Waals surface area contributed by atoms with E-state index in [4.69, 9.17) is 4.42 Å². The lowest BCUT2D eigenvalue weighted by molar-refractivity contribution is 0.104. The van der Waals surface area contributed by atoms with Crippen molar-refractivity contribution in [3.63, 3.8) is 0 Å². The van der Waals surface area contributed by atoms with E-state index in [0.717, 1.165) is 33.4 Å². The van der Waals surface area contributed by atoms with Gasteiger partial charge in [0.1, 0.15) is 11.3 Å². The van der Waals surface area contributed by atoms with Gasteiger partial charge < -0.3 is 4.42 Å². The second-order valence-electron chi connectivity index (χ2n) is 5.09. The van der Waals surface area contributed by atoms with Crippen LogP contribution in [0, 0.1) is 6.92 Å². The van der Waals surface area contributed by atoms with Gasteiger partial charge in [0.25, 0.3) is 0 Å². The summed E-state index contributed by atoms with van der Waals surface area (Å²) in [6, 6.07) is 13.8. The van der Waals surface area contributed by atoms with Crippen molar-refractivity contribution in [1.29, 1.82) is 0 Å². The first-order valence-corrected chi connectivity index (χ1v) is 6.59. The minimum atomic E-state index is 0.0414. The zero-order chi connectivity index (χ0) is 13.7. The number of hydrogen-bond donors (Lipinski definition) is 0. The number of aryl methyl sites for hydroxylation is 1. The maximum absolute atomic E-state index is 11.9. The number of carbonyl (C=O) groups excluding carboxylic acids is 1. The summed E-state index contributed by atoms with van der Waals surface area (Å²) in [6.45, 7) is 2.06. The topological polar surface area (TPSA) is 30.2 Å². The summed E-state index contributed by atoms with van der Waals surface area (Å²) in [6.07, 6.45) is 3.48. The Morgan fingerprint density at radius 3 is 2.70 bits per heavy atom. The Kier molecular flexibility index (Phi) is 2.21. The lowest BCUT2D eigenvalue weighted by atomic mass is 9.94. The Balaban J connectivity index is 2.09. The Morgan fingerprint density at radius 1 is 1.00 bits per heavy atom. The number of hydrogen-bond acceptors (Lipinski definition) is 2. The van der Waals surface area contributed by atoms with E-state index >= 15 is 0 Å². The highest BCUT2D eigenvalue weighted by molar-refractivity contribution is 6.20. The molecule has 0 radical (unpaired) electrons. The molecule has 2 heteroatoms. The van der Waals surface area contributed by atoms with Crippen LogP contribution >= 0.6 is 0 Å². The summed E-state index contributed by atoms with van der Waals surface area (Å²) in [4.78, 5) is 11.9. The first-order chi connectivity index (χ1) is 9.74. The molecule has 2 nitrogen and oxygen atoms in total. The zero-order valence-corrected chi connectivity index (χ0v) is 11.0. The van der Waals surface area contributed by atoms with E-state index in [1.807, 2.05) is 36.4 Å². The third-order valence-electron chi connectivity index (χ3n) is 3.70. The zero-order valence-electron chi connectivity index (χ0n) is 11.0. The monoisotopic (exact) mass is 260 g/mol. The lowest BCUT2D eigenvalue weighted by Crippen LogP contribution is -1.99. The predicted molar refractivity (Wildman–Crippen MR) is 79.8 cm³/mol. The summed E-state index contributed by atoms with van der Waals surface area (Å²) in [5.74, 6) is 0.875. The first kappa shape index (κ1) is 11.2. The van der Waals surface area contributed by atoms with Crippen molar-refractivity contribution in [1.82, 2.24) is 0 Å². The number of ketones is 1. The van der Waals surface area contributed by atoms with E-state index in [1.165, 1.54) is 5.56 Å². The summed E-state index contributed by atoms with van der Waals surface area (Å²) in [5.41, 5.74) is 4.72. The van der Waals surface area contributed by atoms with Crippen molar-refractivity contribution in [2.24, 2.45) is 0 Å². The van der Waals surface area contributed by atoms with Crippen LogP contribution < -0.4 is 0 Å². The highest BCUT2D eigenvalue weighted by Gasteiger charge is 2.22. The number of rotatable bonds is 1. The van der Waals surface area contributed by atoms with Crippen molar-refractivity contribution in [3.05, 3.63) is 65.2 Å². The highest BCUT2D eigenvalue weighted by Crippen LogP contribution is 2.38. The molecule has 20 heavy (non-hydrogen) atoms. The average molecular weight is 260 g/mol. The van der Waals surface area contributed by atoms with Crippen molar-refractivity contribution in [2.45, 2.75) is 6.92 Å². The third kappa shape index (κ3) is 1.48. The van der Waals surface area contributed by atoms with Gasteiger partial charge in [-0.15, -0.1) is 0 Å². The molecule has 0 saturated heterocycles. The Morgan fingerprint density at radius 2 is 1.85 bits per heavy atom. The second-order valence-corrected chi connectivity index (χ2v) is 5.09. The van der Waals surface area contributed by atoms with Gasteiger partial charge in [0, 0.05) is 22.1 Å². The minimum absolute atomic E-state index is 0.0414. The molecule has 0 N–H and O–H groups in total. The molecule has 4 rings (SSSR count). The smallest absolute Gasteiger partial charge is 0.186 e. The fraction of sp³-hybridized carbons (Fsp3) is 0.0556. The molecule has 96 valence electrons. The molecule has 0 fully saturated rings. The maximum Gasteiger partial charge on any atom is 0.186 e. The molecule has 0 unspecified atom stereocenters. The summed E-state index contributed by atoms with van der Waals surface area (Å²) < 4.78 is 6.00. The van der Waals surface area contributed by atoms with Gasteiger partial charge >= 0.3 is 0 Å². The molecule has 3 aromatic rings. The van der Waals surface area contributed by atoms with E-state index in [-0.39, 0.29) is 5.78 Å². The van der Waals surface area contributed by atoms with Crippen LogP contribution in [0.1, 0.15) is 21.5 Å². The number of furan rings is 1. The van der Waals surface area contributed by atoms with Crippen LogP contribution in [0.5, 0.6) is 0 Å². The molecule has 1 aromatic heterocycles. The molecule has 0 bridgehead atoms. The molecule has 2 aromatic carbocycles. The van der Waals surface area contributed by atoms with E-state index in [9.17, 15) is 4.79 Å². The highest BCUT2D eigenvalue weighted by atomic mass is 16.3. The average Bonchev–Trinajstić information content (AvgIpc) is 2.83. The summed E-state index contributed by atoms with van der Waals surface area (Å²) >= 11 is 0. The summed E-state index contributed by atoms with van der Waals surface area (Å²) in [7, 11) is 0. The lowest BCUT2D eigenvalue weighted by Gasteiger charge is -2.05. The van der Waals surface area contributed by atoms with E-state index < -0.39 is 0 Å². The normalized spacial score (nSPS) is 13.2. The molecule has 0 saturated carbocycles. The molecule has 0 atom stereocenters. The van der Waals surface area contributed by atoms with Crippen LogP contribution in [-0.4, -0.2) is 5.78 Å². The quantitative estimate of drug-likeness (QED) is 0.639. The molecular formula is C18H12O2. The molecule has 0 aliphatic heterocycles. The maximum atomic E-state index is 11.9. The fourth-order valence-corrected chi connectivity index (χ4v) is 2.79. The number of benzene rings is 2. The van der Waals surface area contributed by atoms with Crippen LogP contribution in [0.25, 0.3) is 28.4 Å². The van der Waals surface area contributed by atoms with Crippen molar-refractivity contribution in [2.75, 3.05) is 0 Å². The second kappa shape index (κ2) is 3.94. The SMILES string of the molecule is Cc1cccc(-c2oc3cccc4c3c2C=CC4=O)c1. The van der Waals surface area contributed by atoms with Crippen LogP contribution in [0.4, 0.5) is 0 Å². The molecule has 0 spiro atoms. The minimum Gasteiger partial charge on any atom is -0.455 e. The van der Waals surface area contributed by atoms with Crippen LogP contribution in [0.15, 0.2) is 53.0 Å². The molecule has 1 aliphatic rings. The number of carbonyl (C=O) groups is 1. The predicted octanol–water partition coefficient (Wildman–Crippen LogP) is 4.62. The Bertz CT molecular complexity index is 882. The van der Waals surface area contributed by atoms with Crippen molar-refractivity contribution >= 4 is 22.8 Å². The molecule has 1 aliphatic carbocycles. The van der Waals surface area contributed by atoms with Crippen molar-refractivity contribution < 1.29 is 9.21 Å². The van der Waals surface area contributed by atoms with Crippen molar-refractivity contribution in [3.8, 4) is 11.3 Å². The van der Waals surface area contributed by atoms with Crippen LogP contribution in [0.2, 0.25) is 0 Å². The van der Waals surface area contributed by atoms with Gasteiger partial charge in [-0.05, 0) is 31.2 Å². The van der Waals surface area contributed by atoms with Gasteiger partial charge in [-0.3, -0.25) is 4.79 Å². The largest absolute Gasteiger partial charge is 0.455 e. The van der Waals surface area contributed by atoms with E-state index in [2.05, 4.69) is 19.1 Å². The van der Waals surface area contributed by atoms with Gasteiger partial charge in [-0.2, -0.15) is 0 Å². The summed E-state index contributed by atoms with van der Waals surface area (Å²) in [5, 5.41) is 0.927. The standard InChI is InChI=1S/C18H12O2/c1-11-4-2-5-12(10-11)18-14-8-9-15(19)13-6-3-7-16(20-18)17(13)14/h2-10H,1H3. The molecule has 0 amide bonds. The van der Waals surface area contributed by atoms with Gasteiger partial charge in [-0.25, -0.2) is 0 Å². The first-order valence-electron chi connectivity index (χ1n) is 6.59.